The molecular weight excluding hydrogens is 300 g/mol. The maximum absolute atomic E-state index is 4.92. The summed E-state index contributed by atoms with van der Waals surface area (Å²) in [6.07, 6.45) is 5.19. The molecule has 0 spiro atoms. The highest BCUT2D eigenvalue weighted by atomic mass is 32.2. The fraction of sp³-hybridized carbons (Fsp3) is 0.733. The van der Waals surface area contributed by atoms with E-state index in [1.165, 1.54) is 36.5 Å². The third kappa shape index (κ3) is 2.72. The van der Waals surface area contributed by atoms with Gasteiger partial charge in [-0.05, 0) is 44.9 Å². The summed E-state index contributed by atoms with van der Waals surface area (Å²) in [5, 5.41) is 8.13. The Morgan fingerprint density at radius 2 is 2.38 bits per heavy atom. The molecule has 3 heterocycles. The number of hydrogen-bond donors (Lipinski definition) is 1. The predicted molar refractivity (Wildman–Crippen MR) is 93.0 cm³/mol. The number of fused-ring (bicyclic) bond motifs is 4. The monoisotopic (exact) mass is 322 g/mol. The van der Waals surface area contributed by atoms with Gasteiger partial charge in [0, 0.05) is 17.5 Å². The van der Waals surface area contributed by atoms with Crippen LogP contribution in [0.5, 0.6) is 0 Å². The van der Waals surface area contributed by atoms with E-state index in [-0.39, 0.29) is 5.54 Å². The summed E-state index contributed by atoms with van der Waals surface area (Å²) < 4.78 is 0. The van der Waals surface area contributed by atoms with E-state index < -0.39 is 0 Å². The summed E-state index contributed by atoms with van der Waals surface area (Å²) in [6.45, 7) is 5.28. The molecule has 0 unspecified atom stereocenters. The average Bonchev–Trinajstić information content (AvgIpc) is 3.00. The Balaban J connectivity index is 1.42. The van der Waals surface area contributed by atoms with Crippen LogP contribution < -0.4 is 5.32 Å². The molecule has 114 valence electrons. The smallest absolute Gasteiger partial charge is 0.168 e. The Hall–Kier alpha value is -0.620. The second-order valence-electron chi connectivity index (χ2n) is 6.90. The summed E-state index contributed by atoms with van der Waals surface area (Å²) in [7, 11) is 0. The first kappa shape index (κ1) is 14.0. The van der Waals surface area contributed by atoms with Crippen molar-refractivity contribution in [2.45, 2.75) is 57.2 Å². The Bertz CT molecular complexity index is 538. The van der Waals surface area contributed by atoms with Gasteiger partial charge in [0.1, 0.15) is 0 Å². The molecule has 0 aromatic heterocycles. The first-order valence-electron chi connectivity index (χ1n) is 7.79. The van der Waals surface area contributed by atoms with Crippen LogP contribution in [0.2, 0.25) is 0 Å². The highest BCUT2D eigenvalue weighted by Gasteiger charge is 2.38. The lowest BCUT2D eigenvalue weighted by Gasteiger charge is -2.40. The van der Waals surface area contributed by atoms with Crippen molar-refractivity contribution in [3.8, 4) is 0 Å². The van der Waals surface area contributed by atoms with E-state index in [1.54, 1.807) is 0 Å². The molecule has 1 saturated carbocycles. The molecule has 2 atom stereocenters. The molecule has 0 amide bonds. The number of rotatable bonds is 2. The maximum atomic E-state index is 4.92. The van der Waals surface area contributed by atoms with Crippen molar-refractivity contribution in [2.75, 3.05) is 12.3 Å². The largest absolute Gasteiger partial charge is 0.358 e. The van der Waals surface area contributed by atoms with Gasteiger partial charge in [-0.25, -0.2) is 0 Å². The minimum absolute atomic E-state index is 0.121. The highest BCUT2D eigenvalue weighted by Crippen LogP contribution is 2.40. The molecule has 6 heteroatoms. The zero-order chi connectivity index (χ0) is 14.4. The lowest BCUT2D eigenvalue weighted by Crippen LogP contribution is -2.45. The lowest BCUT2D eigenvalue weighted by atomic mass is 9.89. The maximum Gasteiger partial charge on any atom is 0.168 e. The van der Waals surface area contributed by atoms with Crippen molar-refractivity contribution in [3.63, 3.8) is 0 Å². The van der Waals surface area contributed by atoms with Crippen LogP contribution in [0.3, 0.4) is 0 Å². The predicted octanol–water partition coefficient (Wildman–Crippen LogP) is 3.03. The summed E-state index contributed by atoms with van der Waals surface area (Å²) >= 11 is 3.64. The van der Waals surface area contributed by atoms with Gasteiger partial charge in [0.05, 0.1) is 18.1 Å². The van der Waals surface area contributed by atoms with E-state index in [0.29, 0.717) is 12.1 Å². The third-order valence-corrected chi connectivity index (χ3v) is 6.36. The van der Waals surface area contributed by atoms with E-state index in [2.05, 4.69) is 34.5 Å². The van der Waals surface area contributed by atoms with Crippen LogP contribution in [0.15, 0.2) is 21.1 Å². The standard InChI is InChI=1S/C15H22N4S2/c1-15(2)9-16-13(18-15)20-7-12-8-21-14-17-10-4-3-5-11(6-10)19(12)14/h8,10-11H,3-7,9H2,1-2H3,(H,16,18)/t10-,11-/m1/s1. The van der Waals surface area contributed by atoms with E-state index in [4.69, 9.17) is 4.99 Å². The van der Waals surface area contributed by atoms with Crippen molar-refractivity contribution in [1.82, 2.24) is 10.2 Å². The number of thioether (sulfide) groups is 2. The van der Waals surface area contributed by atoms with E-state index in [1.807, 2.05) is 23.5 Å². The van der Waals surface area contributed by atoms with Crippen LogP contribution in [0.4, 0.5) is 0 Å². The molecule has 1 N–H and O–H groups in total. The molecule has 1 fully saturated rings. The van der Waals surface area contributed by atoms with Gasteiger partial charge in [0.25, 0.3) is 0 Å². The molecule has 1 aliphatic carbocycles. The summed E-state index contributed by atoms with van der Waals surface area (Å²) in [5.74, 6) is 0.995. The number of nitrogens with one attached hydrogen (secondary N) is 1. The molecule has 4 rings (SSSR count). The molecule has 0 radical (unpaired) electrons. The first-order chi connectivity index (χ1) is 10.1. The van der Waals surface area contributed by atoms with Gasteiger partial charge in [0.15, 0.2) is 10.3 Å². The zero-order valence-corrected chi connectivity index (χ0v) is 14.3. The van der Waals surface area contributed by atoms with Crippen LogP contribution in [-0.2, 0) is 0 Å². The third-order valence-electron chi connectivity index (χ3n) is 4.51. The SMILES string of the molecule is CC1(C)CN=C(SCC2=CSC3=N[C@@H]4CCC[C@H](C4)N23)N1. The number of nitrogens with zero attached hydrogens (tertiary/aromatic N) is 3. The topological polar surface area (TPSA) is 40.0 Å². The van der Waals surface area contributed by atoms with E-state index in [9.17, 15) is 0 Å². The number of hydrogen-bond acceptors (Lipinski definition) is 6. The summed E-state index contributed by atoms with van der Waals surface area (Å²) in [6, 6.07) is 1.28. The Kier molecular flexibility index (Phi) is 3.49. The van der Waals surface area contributed by atoms with Crippen LogP contribution >= 0.6 is 23.5 Å². The second kappa shape index (κ2) is 5.23. The molecule has 0 aromatic carbocycles. The zero-order valence-electron chi connectivity index (χ0n) is 12.6. The lowest BCUT2D eigenvalue weighted by molar-refractivity contribution is 0.248. The van der Waals surface area contributed by atoms with Gasteiger partial charge in [-0.15, -0.1) is 0 Å². The van der Waals surface area contributed by atoms with E-state index in [0.717, 1.165) is 17.5 Å². The van der Waals surface area contributed by atoms with Gasteiger partial charge in [-0.3, -0.25) is 9.98 Å². The second-order valence-corrected chi connectivity index (χ2v) is 8.70. The molecule has 2 bridgehead atoms. The van der Waals surface area contributed by atoms with Crippen molar-refractivity contribution < 1.29 is 0 Å². The number of aliphatic imine (C=N–C) groups is 2. The van der Waals surface area contributed by atoms with Gasteiger partial charge < -0.3 is 10.2 Å². The summed E-state index contributed by atoms with van der Waals surface area (Å²) in [4.78, 5) is 12.0. The van der Waals surface area contributed by atoms with Crippen molar-refractivity contribution in [3.05, 3.63) is 11.1 Å². The fourth-order valence-corrected chi connectivity index (χ4v) is 5.60. The van der Waals surface area contributed by atoms with Gasteiger partial charge in [-0.2, -0.15) is 0 Å². The number of amidine groups is 2. The molecule has 0 saturated heterocycles. The molecule has 3 aliphatic heterocycles. The van der Waals surface area contributed by atoms with Crippen LogP contribution in [-0.4, -0.2) is 45.2 Å². The van der Waals surface area contributed by atoms with Crippen molar-refractivity contribution in [1.29, 1.82) is 0 Å². The average molecular weight is 323 g/mol. The fourth-order valence-electron chi connectivity index (χ4n) is 3.45. The Morgan fingerprint density at radius 3 is 3.19 bits per heavy atom. The molecule has 0 aromatic rings. The van der Waals surface area contributed by atoms with E-state index >= 15 is 0 Å². The Labute approximate surface area is 134 Å². The van der Waals surface area contributed by atoms with Crippen LogP contribution in [0.1, 0.15) is 39.5 Å². The molecular formula is C15H22N4S2. The minimum atomic E-state index is 0.121. The van der Waals surface area contributed by atoms with Gasteiger partial charge >= 0.3 is 0 Å². The van der Waals surface area contributed by atoms with Crippen LogP contribution in [0, 0.1) is 0 Å². The molecule has 4 aliphatic rings. The van der Waals surface area contributed by atoms with Gasteiger partial charge in [-0.1, -0.05) is 23.5 Å². The van der Waals surface area contributed by atoms with Crippen molar-refractivity contribution in [2.24, 2.45) is 9.98 Å². The van der Waals surface area contributed by atoms with Gasteiger partial charge in [0.2, 0.25) is 0 Å². The molecule has 4 nitrogen and oxygen atoms in total. The quantitative estimate of drug-likeness (QED) is 0.848. The minimum Gasteiger partial charge on any atom is -0.358 e. The normalized spacial score (nSPS) is 33.0. The first-order valence-corrected chi connectivity index (χ1v) is 9.65. The van der Waals surface area contributed by atoms with Crippen LogP contribution in [0.25, 0.3) is 0 Å². The highest BCUT2D eigenvalue weighted by molar-refractivity contribution is 8.17. The Morgan fingerprint density at radius 1 is 1.48 bits per heavy atom. The van der Waals surface area contributed by atoms with Crippen molar-refractivity contribution >= 4 is 33.9 Å². The summed E-state index contributed by atoms with van der Waals surface area (Å²) in [5.41, 5.74) is 1.54. The molecule has 21 heavy (non-hydrogen) atoms.